The van der Waals surface area contributed by atoms with E-state index in [4.69, 9.17) is 9.84 Å². The molecule has 2 aliphatic heterocycles. The van der Waals surface area contributed by atoms with Gasteiger partial charge in [0.2, 0.25) is 11.7 Å². The van der Waals surface area contributed by atoms with Crippen molar-refractivity contribution in [2.75, 3.05) is 56.6 Å². The number of ether oxygens (including phenoxy) is 1. The van der Waals surface area contributed by atoms with Crippen LogP contribution in [-0.4, -0.2) is 93.2 Å². The van der Waals surface area contributed by atoms with E-state index in [2.05, 4.69) is 37.1 Å². The van der Waals surface area contributed by atoms with Gasteiger partial charge in [-0.1, -0.05) is 18.3 Å². The molecule has 0 amide bonds. The zero-order valence-corrected chi connectivity index (χ0v) is 25.2. The topological polar surface area (TPSA) is 120 Å². The van der Waals surface area contributed by atoms with Gasteiger partial charge in [0.25, 0.3) is 0 Å². The monoisotopic (exact) mass is 638 g/mol. The number of alkyl halides is 3. The van der Waals surface area contributed by atoms with Crippen LogP contribution < -0.4 is 15.0 Å². The number of rotatable bonds is 11. The second-order valence-corrected chi connectivity index (χ2v) is 11.8. The lowest BCUT2D eigenvalue weighted by molar-refractivity contribution is -0.139. The lowest BCUT2D eigenvalue weighted by atomic mass is 10.1. The van der Waals surface area contributed by atoms with Crippen LogP contribution in [0.3, 0.4) is 0 Å². The van der Waals surface area contributed by atoms with Crippen LogP contribution in [0.15, 0.2) is 18.6 Å². The number of pyridine rings is 1. The zero-order chi connectivity index (χ0) is 31.4. The molecule has 2 N–H and O–H groups in total. The van der Waals surface area contributed by atoms with Crippen molar-refractivity contribution in [3.63, 3.8) is 0 Å². The molecule has 238 valence electrons. The third kappa shape index (κ3) is 7.18. The van der Waals surface area contributed by atoms with Gasteiger partial charge in [0.1, 0.15) is 11.9 Å². The summed E-state index contributed by atoms with van der Waals surface area (Å²) in [5.41, 5.74) is -0.505. The first-order valence-corrected chi connectivity index (χ1v) is 15.2. The Labute approximate surface area is 255 Å². The Morgan fingerprint density at radius 3 is 2.64 bits per heavy atom. The number of carbonyl (C=O) groups is 1. The lowest BCUT2D eigenvalue weighted by Gasteiger charge is -2.35. The number of piperazine rings is 1. The van der Waals surface area contributed by atoms with Crippen LogP contribution in [0.4, 0.5) is 34.3 Å². The minimum atomic E-state index is -4.68. The van der Waals surface area contributed by atoms with Crippen LogP contribution in [0.2, 0.25) is 0 Å². The van der Waals surface area contributed by atoms with Gasteiger partial charge >= 0.3 is 12.1 Å². The standard InChI is InChI=1S/C28H34F4N8O3S/c1-3-18-5-4-7-40(18)15-20-23(17-13-19(28(30,31)32)26(43-2)33-14-17)36-27(44-20)37-24-22(29)25(35-16-34-24)39-11-9-38(10-12-39)8-6-21(41)42/h13-14,16,18H,3-12,15H2,1-2H3,(H,41,42)(H,34,35,36,37)/t18-/m1/s1. The average Bonchev–Trinajstić information content (AvgIpc) is 3.63. The molecule has 2 aliphatic rings. The van der Waals surface area contributed by atoms with Gasteiger partial charge in [-0.15, -0.1) is 0 Å². The molecule has 0 unspecified atom stereocenters. The lowest BCUT2D eigenvalue weighted by Crippen LogP contribution is -2.47. The average molecular weight is 639 g/mol. The summed E-state index contributed by atoms with van der Waals surface area (Å²) in [6.07, 6.45) is 0.919. The molecule has 0 spiro atoms. The number of halogens is 4. The number of anilines is 3. The van der Waals surface area contributed by atoms with Crippen LogP contribution in [0.5, 0.6) is 5.88 Å². The molecular weight excluding hydrogens is 604 g/mol. The van der Waals surface area contributed by atoms with Crippen molar-refractivity contribution >= 4 is 34.1 Å². The SMILES string of the molecule is CC[C@@H]1CCCN1Cc1sc(Nc2ncnc(N3CCN(CCC(=O)O)CC3)c2F)nc1-c1cnc(OC)c(C(F)(F)F)c1. The van der Waals surface area contributed by atoms with Gasteiger partial charge in [0.05, 0.1) is 19.2 Å². The Morgan fingerprint density at radius 2 is 1.95 bits per heavy atom. The van der Waals surface area contributed by atoms with E-state index in [-0.39, 0.29) is 28.8 Å². The number of nitrogens with one attached hydrogen (secondary N) is 1. The molecule has 16 heteroatoms. The molecule has 44 heavy (non-hydrogen) atoms. The smallest absolute Gasteiger partial charge is 0.421 e. The first-order chi connectivity index (χ1) is 21.1. The van der Waals surface area contributed by atoms with Gasteiger partial charge < -0.3 is 20.1 Å². The van der Waals surface area contributed by atoms with Crippen molar-refractivity contribution in [1.82, 2.24) is 29.7 Å². The highest BCUT2D eigenvalue weighted by molar-refractivity contribution is 7.16. The van der Waals surface area contributed by atoms with E-state index in [0.717, 1.165) is 43.9 Å². The van der Waals surface area contributed by atoms with Crippen LogP contribution in [0, 0.1) is 5.82 Å². The molecule has 0 radical (unpaired) electrons. The third-order valence-corrected chi connectivity index (χ3v) is 8.90. The number of hydrogen-bond acceptors (Lipinski definition) is 11. The summed E-state index contributed by atoms with van der Waals surface area (Å²) in [5, 5.41) is 12.1. The second kappa shape index (κ2) is 13.6. The molecule has 5 heterocycles. The molecule has 2 saturated heterocycles. The highest BCUT2D eigenvalue weighted by Crippen LogP contribution is 2.40. The fourth-order valence-electron chi connectivity index (χ4n) is 5.64. The maximum atomic E-state index is 15.7. The second-order valence-electron chi connectivity index (χ2n) is 10.7. The molecule has 5 rings (SSSR count). The number of aromatic nitrogens is 4. The van der Waals surface area contributed by atoms with Gasteiger partial charge in [-0.05, 0) is 31.9 Å². The predicted molar refractivity (Wildman–Crippen MR) is 157 cm³/mol. The van der Waals surface area contributed by atoms with Crippen molar-refractivity contribution in [1.29, 1.82) is 0 Å². The molecule has 3 aromatic heterocycles. The van der Waals surface area contributed by atoms with Crippen molar-refractivity contribution in [3.8, 4) is 17.1 Å². The molecular formula is C28H34F4N8O3S. The first kappa shape index (κ1) is 31.8. The number of methoxy groups -OCH3 is 1. The quantitative estimate of drug-likeness (QED) is 0.280. The van der Waals surface area contributed by atoms with Crippen molar-refractivity contribution in [2.24, 2.45) is 0 Å². The van der Waals surface area contributed by atoms with Crippen LogP contribution in [0.25, 0.3) is 11.3 Å². The van der Waals surface area contributed by atoms with Crippen LogP contribution in [-0.2, 0) is 17.5 Å². The number of carboxylic acids is 1. The Hall–Kier alpha value is -3.63. The van der Waals surface area contributed by atoms with E-state index >= 15 is 4.39 Å². The predicted octanol–water partition coefficient (Wildman–Crippen LogP) is 4.88. The summed E-state index contributed by atoms with van der Waals surface area (Å²) >= 11 is 1.23. The minimum Gasteiger partial charge on any atom is -0.481 e. The van der Waals surface area contributed by atoms with Gasteiger partial charge in [-0.25, -0.2) is 19.9 Å². The highest BCUT2D eigenvalue weighted by Gasteiger charge is 2.36. The number of nitrogens with zero attached hydrogens (tertiary/aromatic N) is 7. The summed E-state index contributed by atoms with van der Waals surface area (Å²) in [5.74, 6) is -2.07. The van der Waals surface area contributed by atoms with E-state index in [9.17, 15) is 18.0 Å². The molecule has 0 aliphatic carbocycles. The molecule has 0 bridgehead atoms. The number of thiazole rings is 1. The van der Waals surface area contributed by atoms with Gasteiger partial charge in [-0.3, -0.25) is 14.6 Å². The fourth-order valence-corrected chi connectivity index (χ4v) is 6.65. The van der Waals surface area contributed by atoms with Crippen LogP contribution in [0.1, 0.15) is 43.0 Å². The number of hydrogen-bond donors (Lipinski definition) is 2. The largest absolute Gasteiger partial charge is 0.481 e. The van der Waals surface area contributed by atoms with Gasteiger partial charge in [-0.2, -0.15) is 17.6 Å². The first-order valence-electron chi connectivity index (χ1n) is 14.4. The highest BCUT2D eigenvalue weighted by atomic mass is 32.1. The molecule has 0 aromatic carbocycles. The molecule has 2 fully saturated rings. The maximum absolute atomic E-state index is 15.7. The summed E-state index contributed by atoms with van der Waals surface area (Å²) in [6, 6.07) is 1.34. The molecule has 3 aromatic rings. The molecule has 0 saturated carbocycles. The molecule has 11 nitrogen and oxygen atoms in total. The Balaban J connectivity index is 1.42. The van der Waals surface area contributed by atoms with Crippen molar-refractivity contribution < 1.29 is 32.2 Å². The van der Waals surface area contributed by atoms with E-state index < -0.39 is 29.4 Å². The zero-order valence-electron chi connectivity index (χ0n) is 24.4. The third-order valence-electron chi connectivity index (χ3n) is 7.95. The number of carboxylic acid groups (broad SMARTS) is 1. The summed E-state index contributed by atoms with van der Waals surface area (Å²) in [6.45, 7) is 5.90. The van der Waals surface area contributed by atoms with Crippen LogP contribution >= 0.6 is 11.3 Å². The summed E-state index contributed by atoms with van der Waals surface area (Å²) < 4.78 is 62.1. The van der Waals surface area contributed by atoms with E-state index in [1.54, 1.807) is 4.90 Å². The maximum Gasteiger partial charge on any atom is 0.421 e. The van der Waals surface area contributed by atoms with E-state index in [1.807, 2.05) is 4.90 Å². The van der Waals surface area contributed by atoms with Crippen molar-refractivity contribution in [3.05, 3.63) is 34.8 Å². The minimum absolute atomic E-state index is 0.0364. The number of aliphatic carboxylic acids is 1. The normalized spacial score (nSPS) is 18.1. The van der Waals surface area contributed by atoms with E-state index in [1.165, 1.54) is 23.9 Å². The summed E-state index contributed by atoms with van der Waals surface area (Å²) in [7, 11) is 1.13. The molecule has 1 atom stereocenters. The van der Waals surface area contributed by atoms with Gasteiger partial charge in [0.15, 0.2) is 16.8 Å². The van der Waals surface area contributed by atoms with Gasteiger partial charge in [0, 0.05) is 61.9 Å². The van der Waals surface area contributed by atoms with E-state index in [0.29, 0.717) is 51.0 Å². The fraction of sp³-hybridized carbons (Fsp3) is 0.536. The summed E-state index contributed by atoms with van der Waals surface area (Å²) in [4.78, 5) is 34.4. The number of likely N-dealkylation sites (tertiary alicyclic amines) is 1. The van der Waals surface area contributed by atoms with Crippen molar-refractivity contribution in [2.45, 2.75) is 51.4 Å². The Bertz CT molecular complexity index is 1470. The Morgan fingerprint density at radius 1 is 1.18 bits per heavy atom. The Kier molecular flexibility index (Phi) is 9.80.